The van der Waals surface area contributed by atoms with Crippen LogP contribution in [0.1, 0.15) is 42.6 Å². The first-order chi connectivity index (χ1) is 13.9. The Kier molecular flexibility index (Phi) is 4.80. The average Bonchev–Trinajstić information content (AvgIpc) is 3.00. The highest BCUT2D eigenvalue weighted by Gasteiger charge is 2.31. The van der Waals surface area contributed by atoms with Crippen LogP contribution in [0.4, 0.5) is 10.5 Å². The van der Waals surface area contributed by atoms with Gasteiger partial charge in [-0.15, -0.1) is 0 Å². The normalized spacial score (nSPS) is 15.2. The molecule has 2 amide bonds. The summed E-state index contributed by atoms with van der Waals surface area (Å²) in [5.74, 6) is 0.513. The number of nitrogen functional groups attached to an aromatic ring is 1. The summed E-state index contributed by atoms with van der Waals surface area (Å²) < 4.78 is 5.63. The lowest BCUT2D eigenvalue weighted by molar-refractivity contribution is 0.232. The highest BCUT2D eigenvalue weighted by Crippen LogP contribution is 2.38. The Hall–Kier alpha value is -3.61. The number of nitrogens with two attached hydrogens (primary N) is 1. The van der Waals surface area contributed by atoms with Crippen LogP contribution in [0.3, 0.4) is 0 Å². The number of hydrogen-bond donors (Lipinski definition) is 3. The molecular weight excluding hydrogens is 366 g/mol. The fourth-order valence-corrected chi connectivity index (χ4v) is 3.46. The Morgan fingerprint density at radius 2 is 1.79 bits per heavy atom. The van der Waals surface area contributed by atoms with Gasteiger partial charge in [-0.3, -0.25) is 4.99 Å². The minimum Gasteiger partial charge on any atom is -0.399 e. The van der Waals surface area contributed by atoms with Crippen LogP contribution in [0, 0.1) is 6.92 Å². The maximum absolute atomic E-state index is 12.4. The van der Waals surface area contributed by atoms with Gasteiger partial charge in [-0.2, -0.15) is 0 Å². The van der Waals surface area contributed by atoms with Crippen LogP contribution >= 0.6 is 0 Å². The Bertz CT molecular complexity index is 1080. The number of rotatable bonds is 3. The molecule has 3 aromatic rings. The second kappa shape index (κ2) is 7.43. The van der Waals surface area contributed by atoms with Gasteiger partial charge in [0.25, 0.3) is 0 Å². The van der Waals surface area contributed by atoms with E-state index < -0.39 is 6.17 Å². The SMILES string of the molecule is Cc1noc2c1-c1ccccc1C(c1ccc(N)cc1)=NC2NC(=O)NC(C)C. The van der Waals surface area contributed by atoms with Crippen molar-refractivity contribution in [2.75, 3.05) is 5.73 Å². The van der Waals surface area contributed by atoms with Crippen molar-refractivity contribution in [1.29, 1.82) is 0 Å². The van der Waals surface area contributed by atoms with E-state index in [-0.39, 0.29) is 12.1 Å². The number of nitrogens with one attached hydrogen (secondary N) is 2. The molecule has 148 valence electrons. The van der Waals surface area contributed by atoms with Crippen LogP contribution in [-0.4, -0.2) is 22.9 Å². The third kappa shape index (κ3) is 3.59. The molecule has 29 heavy (non-hydrogen) atoms. The average molecular weight is 389 g/mol. The van der Waals surface area contributed by atoms with Gasteiger partial charge >= 0.3 is 6.03 Å². The number of carbonyl (C=O) groups is 1. The quantitative estimate of drug-likeness (QED) is 0.593. The number of anilines is 1. The largest absolute Gasteiger partial charge is 0.399 e. The molecule has 1 atom stereocenters. The lowest BCUT2D eigenvalue weighted by atomic mass is 9.93. The molecule has 0 aliphatic carbocycles. The maximum Gasteiger partial charge on any atom is 0.317 e. The number of hydrogen-bond acceptors (Lipinski definition) is 5. The summed E-state index contributed by atoms with van der Waals surface area (Å²) in [5, 5.41) is 9.88. The predicted molar refractivity (Wildman–Crippen MR) is 113 cm³/mol. The van der Waals surface area contributed by atoms with Crippen molar-refractivity contribution in [2.24, 2.45) is 4.99 Å². The molecule has 0 radical (unpaired) electrons. The van der Waals surface area contributed by atoms with Crippen molar-refractivity contribution in [3.63, 3.8) is 0 Å². The minimum atomic E-state index is -0.718. The molecular formula is C22H23N5O2. The fraction of sp³-hybridized carbons (Fsp3) is 0.227. The smallest absolute Gasteiger partial charge is 0.317 e. The molecule has 2 heterocycles. The summed E-state index contributed by atoms with van der Waals surface area (Å²) in [4.78, 5) is 17.3. The van der Waals surface area contributed by atoms with Crippen molar-refractivity contribution >= 4 is 17.4 Å². The van der Waals surface area contributed by atoms with Crippen LogP contribution in [0.5, 0.6) is 0 Å². The minimum absolute atomic E-state index is 0.00513. The van der Waals surface area contributed by atoms with Gasteiger partial charge in [0, 0.05) is 22.9 Å². The summed E-state index contributed by atoms with van der Waals surface area (Å²) in [7, 11) is 0. The molecule has 4 N–H and O–H groups in total. The first kappa shape index (κ1) is 18.7. The van der Waals surface area contributed by atoms with E-state index in [2.05, 4.69) is 15.8 Å². The molecule has 1 aliphatic rings. The molecule has 1 aliphatic heterocycles. The van der Waals surface area contributed by atoms with Crippen molar-refractivity contribution < 1.29 is 9.32 Å². The maximum atomic E-state index is 12.4. The number of benzene rings is 2. The monoisotopic (exact) mass is 389 g/mol. The Morgan fingerprint density at radius 1 is 1.10 bits per heavy atom. The fourth-order valence-electron chi connectivity index (χ4n) is 3.46. The van der Waals surface area contributed by atoms with Crippen molar-refractivity contribution in [2.45, 2.75) is 33.0 Å². The Labute approximate surface area is 169 Å². The summed E-state index contributed by atoms with van der Waals surface area (Å²) in [6.07, 6.45) is -0.718. The number of aromatic nitrogens is 1. The van der Waals surface area contributed by atoms with Gasteiger partial charge in [-0.25, -0.2) is 4.79 Å². The van der Waals surface area contributed by atoms with E-state index in [0.717, 1.165) is 33.7 Å². The lowest BCUT2D eigenvalue weighted by Crippen LogP contribution is -2.41. The van der Waals surface area contributed by atoms with E-state index in [4.69, 9.17) is 15.2 Å². The van der Waals surface area contributed by atoms with Gasteiger partial charge in [0.2, 0.25) is 0 Å². The number of nitrogens with zero attached hydrogens (tertiary/aromatic N) is 2. The molecule has 2 aromatic carbocycles. The first-order valence-corrected chi connectivity index (χ1v) is 9.50. The third-order valence-electron chi connectivity index (χ3n) is 4.72. The zero-order valence-corrected chi connectivity index (χ0v) is 16.6. The molecule has 4 rings (SSSR count). The van der Waals surface area contributed by atoms with Crippen LogP contribution in [0.25, 0.3) is 11.1 Å². The van der Waals surface area contributed by atoms with Gasteiger partial charge in [0.15, 0.2) is 11.9 Å². The van der Waals surface area contributed by atoms with Gasteiger partial charge in [-0.05, 0) is 38.5 Å². The van der Waals surface area contributed by atoms with Crippen LogP contribution in [0.15, 0.2) is 58.0 Å². The second-order valence-corrected chi connectivity index (χ2v) is 7.33. The van der Waals surface area contributed by atoms with Gasteiger partial charge in [0.1, 0.15) is 0 Å². The molecule has 0 saturated carbocycles. The Morgan fingerprint density at radius 3 is 2.48 bits per heavy atom. The van der Waals surface area contributed by atoms with Crippen molar-refractivity contribution in [3.8, 4) is 11.1 Å². The van der Waals surface area contributed by atoms with E-state index in [1.165, 1.54) is 0 Å². The van der Waals surface area contributed by atoms with Crippen molar-refractivity contribution in [1.82, 2.24) is 15.8 Å². The number of urea groups is 1. The molecule has 7 heteroatoms. The second-order valence-electron chi connectivity index (χ2n) is 7.33. The number of aryl methyl sites for hydroxylation is 1. The van der Waals surface area contributed by atoms with Crippen LogP contribution < -0.4 is 16.4 Å². The topological polar surface area (TPSA) is 106 Å². The number of amides is 2. The van der Waals surface area contributed by atoms with E-state index >= 15 is 0 Å². The molecule has 7 nitrogen and oxygen atoms in total. The summed E-state index contributed by atoms with van der Waals surface area (Å²) in [6, 6.07) is 15.2. The van der Waals surface area contributed by atoms with E-state index in [0.29, 0.717) is 11.4 Å². The summed E-state index contributed by atoms with van der Waals surface area (Å²) in [5.41, 5.74) is 11.7. The van der Waals surface area contributed by atoms with Crippen LogP contribution in [0.2, 0.25) is 0 Å². The predicted octanol–water partition coefficient (Wildman–Crippen LogP) is 3.79. The highest BCUT2D eigenvalue weighted by molar-refractivity contribution is 6.17. The third-order valence-corrected chi connectivity index (χ3v) is 4.72. The van der Waals surface area contributed by atoms with Gasteiger partial charge in [-0.1, -0.05) is 41.6 Å². The molecule has 1 aromatic heterocycles. The van der Waals surface area contributed by atoms with Crippen LogP contribution in [-0.2, 0) is 0 Å². The molecule has 1 unspecified atom stereocenters. The zero-order chi connectivity index (χ0) is 20.5. The first-order valence-electron chi connectivity index (χ1n) is 9.50. The number of carbonyl (C=O) groups excluding carboxylic acids is 1. The molecule has 0 spiro atoms. The standard InChI is InChI=1S/C22H23N5O2/c1-12(2)24-22(28)26-21-20-18(13(3)27-29-20)16-6-4-5-7-17(16)19(25-21)14-8-10-15(23)11-9-14/h4-12,21H,23H2,1-3H3,(H2,24,26,28). The molecule has 0 fully saturated rings. The molecule has 0 saturated heterocycles. The van der Waals surface area contributed by atoms with E-state index in [9.17, 15) is 4.79 Å². The Balaban J connectivity index is 1.89. The van der Waals surface area contributed by atoms with E-state index in [1.54, 1.807) is 0 Å². The zero-order valence-electron chi connectivity index (χ0n) is 16.6. The lowest BCUT2D eigenvalue weighted by Gasteiger charge is -2.16. The summed E-state index contributed by atoms with van der Waals surface area (Å²) in [6.45, 7) is 5.68. The van der Waals surface area contributed by atoms with Crippen molar-refractivity contribution in [3.05, 3.63) is 71.1 Å². The molecule has 0 bridgehead atoms. The number of fused-ring (bicyclic) bond motifs is 3. The highest BCUT2D eigenvalue weighted by atomic mass is 16.5. The van der Waals surface area contributed by atoms with E-state index in [1.807, 2.05) is 69.3 Å². The summed E-state index contributed by atoms with van der Waals surface area (Å²) >= 11 is 0. The number of aliphatic imine (C=N–C) groups is 1. The van der Waals surface area contributed by atoms with Gasteiger partial charge < -0.3 is 20.9 Å². The van der Waals surface area contributed by atoms with Gasteiger partial charge in [0.05, 0.1) is 17.0 Å².